The minimum Gasteiger partial charge on any atom is -0.339 e. The van der Waals surface area contributed by atoms with Crippen molar-refractivity contribution in [3.8, 4) is 0 Å². The van der Waals surface area contributed by atoms with Crippen LogP contribution in [0.4, 0.5) is 0 Å². The van der Waals surface area contributed by atoms with Crippen molar-refractivity contribution in [1.82, 2.24) is 9.88 Å². The number of benzene rings is 2. The van der Waals surface area contributed by atoms with E-state index in [2.05, 4.69) is 53.5 Å². The van der Waals surface area contributed by atoms with Crippen LogP contribution in [0.2, 0.25) is 0 Å². The number of carbonyl (C=O) groups excluding carboxylic acids is 1. The van der Waals surface area contributed by atoms with E-state index in [4.69, 9.17) is 5.73 Å². The van der Waals surface area contributed by atoms with E-state index in [-0.39, 0.29) is 36.8 Å². The molecule has 1 aromatic heterocycles. The van der Waals surface area contributed by atoms with E-state index >= 15 is 0 Å². The molecule has 4 nitrogen and oxygen atoms in total. The number of carbonyl (C=O) groups is 1. The second kappa shape index (κ2) is 12.7. The fourth-order valence-corrected chi connectivity index (χ4v) is 4.37. The fraction of sp³-hybridized carbons (Fsp3) is 0.333. The van der Waals surface area contributed by atoms with Gasteiger partial charge in [-0.15, -0.1) is 24.8 Å². The molecule has 2 aromatic carbocycles. The molecule has 4 rings (SSSR count). The van der Waals surface area contributed by atoms with Crippen LogP contribution in [-0.2, 0) is 12.8 Å². The monoisotopic (exact) mass is 485 g/mol. The van der Waals surface area contributed by atoms with Gasteiger partial charge in [0.2, 0.25) is 0 Å². The summed E-state index contributed by atoms with van der Waals surface area (Å²) in [5, 5.41) is 0. The van der Waals surface area contributed by atoms with Gasteiger partial charge >= 0.3 is 0 Å². The van der Waals surface area contributed by atoms with Crippen molar-refractivity contribution >= 4 is 30.7 Å². The van der Waals surface area contributed by atoms with E-state index < -0.39 is 0 Å². The second-order valence-electron chi connectivity index (χ2n) is 8.59. The van der Waals surface area contributed by atoms with Crippen LogP contribution in [0.5, 0.6) is 0 Å². The normalized spacial score (nSPS) is 14.7. The van der Waals surface area contributed by atoms with Crippen molar-refractivity contribution in [3.63, 3.8) is 0 Å². The Kier molecular flexibility index (Phi) is 10.4. The Labute approximate surface area is 209 Å². The zero-order valence-electron chi connectivity index (χ0n) is 19.0. The minimum absolute atomic E-state index is 0. The summed E-state index contributed by atoms with van der Waals surface area (Å²) in [6, 6.07) is 21.1. The molecule has 0 aliphatic carbocycles. The Morgan fingerprint density at radius 3 is 2.36 bits per heavy atom. The molecule has 0 spiro atoms. The number of hydrogen-bond donors (Lipinski definition) is 1. The third-order valence-corrected chi connectivity index (χ3v) is 6.28. The van der Waals surface area contributed by atoms with Gasteiger partial charge in [0.05, 0.1) is 5.56 Å². The smallest absolute Gasteiger partial charge is 0.255 e. The summed E-state index contributed by atoms with van der Waals surface area (Å²) >= 11 is 0. The molecule has 1 saturated heterocycles. The topological polar surface area (TPSA) is 59.2 Å². The van der Waals surface area contributed by atoms with Gasteiger partial charge in [0, 0.05) is 31.5 Å². The van der Waals surface area contributed by atoms with E-state index in [0.29, 0.717) is 11.5 Å². The number of piperidine rings is 1. The first-order valence-electron chi connectivity index (χ1n) is 11.2. The van der Waals surface area contributed by atoms with Crippen molar-refractivity contribution in [2.24, 2.45) is 5.73 Å². The number of pyridine rings is 1. The van der Waals surface area contributed by atoms with Crippen molar-refractivity contribution in [2.75, 3.05) is 13.1 Å². The predicted molar refractivity (Wildman–Crippen MR) is 140 cm³/mol. The molecule has 1 aliphatic heterocycles. The van der Waals surface area contributed by atoms with Crippen LogP contribution < -0.4 is 5.73 Å². The van der Waals surface area contributed by atoms with Gasteiger partial charge in [0.25, 0.3) is 5.91 Å². The van der Waals surface area contributed by atoms with E-state index in [1.807, 2.05) is 30.2 Å². The Morgan fingerprint density at radius 1 is 0.970 bits per heavy atom. The molecule has 0 saturated carbocycles. The summed E-state index contributed by atoms with van der Waals surface area (Å²) in [7, 11) is 0. The zero-order chi connectivity index (χ0) is 21.6. The SMILES string of the molecule is CC(N)c1cccc(C2CCN(C(=O)c3cncc(CCc4ccccc4)c3)CC2)c1.Cl.Cl. The van der Waals surface area contributed by atoms with Crippen LogP contribution >= 0.6 is 24.8 Å². The molecule has 6 heteroatoms. The molecule has 2 heterocycles. The van der Waals surface area contributed by atoms with Gasteiger partial charge in [0.15, 0.2) is 0 Å². The van der Waals surface area contributed by atoms with Gasteiger partial charge < -0.3 is 10.6 Å². The molecule has 0 bridgehead atoms. The molecule has 1 atom stereocenters. The highest BCUT2D eigenvalue weighted by molar-refractivity contribution is 5.94. The first-order chi connectivity index (χ1) is 15.1. The molecule has 2 N–H and O–H groups in total. The maximum absolute atomic E-state index is 13.1. The third-order valence-electron chi connectivity index (χ3n) is 6.28. The fourth-order valence-electron chi connectivity index (χ4n) is 4.37. The minimum atomic E-state index is 0. The molecule has 1 amide bonds. The molecule has 33 heavy (non-hydrogen) atoms. The van der Waals surface area contributed by atoms with Crippen molar-refractivity contribution in [3.05, 3.63) is 101 Å². The number of nitrogens with two attached hydrogens (primary N) is 1. The van der Waals surface area contributed by atoms with Gasteiger partial charge in [-0.2, -0.15) is 0 Å². The Bertz CT molecular complexity index is 1020. The number of nitrogens with zero attached hydrogens (tertiary/aromatic N) is 2. The lowest BCUT2D eigenvalue weighted by molar-refractivity contribution is 0.0712. The molecule has 1 unspecified atom stereocenters. The summed E-state index contributed by atoms with van der Waals surface area (Å²) in [5.74, 6) is 0.579. The van der Waals surface area contributed by atoms with Gasteiger partial charge in [-0.1, -0.05) is 54.6 Å². The molecular weight excluding hydrogens is 453 g/mol. The van der Waals surface area contributed by atoms with E-state index in [9.17, 15) is 4.79 Å². The summed E-state index contributed by atoms with van der Waals surface area (Å²) < 4.78 is 0. The quantitative estimate of drug-likeness (QED) is 0.483. The van der Waals surface area contributed by atoms with Crippen molar-refractivity contribution in [1.29, 1.82) is 0 Å². The zero-order valence-corrected chi connectivity index (χ0v) is 20.7. The summed E-state index contributed by atoms with van der Waals surface area (Å²) in [4.78, 5) is 19.4. The van der Waals surface area contributed by atoms with Crippen LogP contribution in [0.3, 0.4) is 0 Å². The van der Waals surface area contributed by atoms with Gasteiger partial charge in [0.1, 0.15) is 0 Å². The third kappa shape index (κ3) is 7.04. The van der Waals surface area contributed by atoms with E-state index in [1.165, 1.54) is 16.7 Å². The molecule has 0 radical (unpaired) electrons. The van der Waals surface area contributed by atoms with Crippen LogP contribution in [-0.4, -0.2) is 28.9 Å². The highest BCUT2D eigenvalue weighted by atomic mass is 35.5. The van der Waals surface area contributed by atoms with E-state index in [1.54, 1.807) is 6.20 Å². The van der Waals surface area contributed by atoms with E-state index in [0.717, 1.165) is 44.3 Å². The van der Waals surface area contributed by atoms with Gasteiger partial charge in [-0.05, 0) is 66.8 Å². The maximum Gasteiger partial charge on any atom is 0.255 e. The number of halogens is 2. The predicted octanol–water partition coefficient (Wildman–Crippen LogP) is 5.75. The highest BCUT2D eigenvalue weighted by Gasteiger charge is 2.25. The lowest BCUT2D eigenvalue weighted by Crippen LogP contribution is -2.38. The number of rotatable bonds is 6. The number of aromatic nitrogens is 1. The molecule has 3 aromatic rings. The van der Waals surface area contributed by atoms with Crippen LogP contribution in [0.1, 0.15) is 64.3 Å². The first kappa shape index (κ1) is 26.8. The average molecular weight is 486 g/mol. The summed E-state index contributed by atoms with van der Waals surface area (Å²) in [5.41, 5.74) is 11.7. The van der Waals surface area contributed by atoms with Crippen molar-refractivity contribution in [2.45, 2.75) is 44.6 Å². The Hall–Kier alpha value is -2.40. The first-order valence-corrected chi connectivity index (χ1v) is 11.2. The van der Waals surface area contributed by atoms with Crippen molar-refractivity contribution < 1.29 is 4.79 Å². The van der Waals surface area contributed by atoms with Gasteiger partial charge in [-0.3, -0.25) is 9.78 Å². The standard InChI is InChI=1S/C27H31N3O.2ClH/c1-20(28)24-8-5-9-25(17-24)23-12-14-30(15-13-23)27(31)26-16-22(18-29-19-26)11-10-21-6-3-2-4-7-21;;/h2-9,16-20,23H,10-15,28H2,1H3;2*1H. The molecule has 1 fully saturated rings. The summed E-state index contributed by atoms with van der Waals surface area (Å²) in [6.07, 6.45) is 7.37. The molecular formula is C27H33Cl2N3O. The lowest BCUT2D eigenvalue weighted by atomic mass is 9.88. The summed E-state index contributed by atoms with van der Waals surface area (Å²) in [6.45, 7) is 3.57. The molecule has 176 valence electrons. The number of aryl methyl sites for hydroxylation is 2. The average Bonchev–Trinajstić information content (AvgIpc) is 2.83. The molecule has 1 aliphatic rings. The van der Waals surface area contributed by atoms with Gasteiger partial charge in [-0.25, -0.2) is 0 Å². The largest absolute Gasteiger partial charge is 0.339 e. The maximum atomic E-state index is 13.1. The lowest BCUT2D eigenvalue weighted by Gasteiger charge is -2.32. The highest BCUT2D eigenvalue weighted by Crippen LogP contribution is 2.30. The number of likely N-dealkylation sites (tertiary alicyclic amines) is 1. The second-order valence-corrected chi connectivity index (χ2v) is 8.59. The Balaban J connectivity index is 0.00000193. The van der Waals surface area contributed by atoms with Crippen LogP contribution in [0, 0.1) is 0 Å². The van der Waals surface area contributed by atoms with Crippen LogP contribution in [0.15, 0.2) is 73.1 Å². The Morgan fingerprint density at radius 2 is 1.67 bits per heavy atom. The van der Waals surface area contributed by atoms with Crippen LogP contribution in [0.25, 0.3) is 0 Å². The number of hydrogen-bond acceptors (Lipinski definition) is 3. The number of amides is 1.